The predicted molar refractivity (Wildman–Crippen MR) is 100 cm³/mol. The van der Waals surface area contributed by atoms with Crippen LogP contribution in [0.2, 0.25) is 0 Å². The number of nitrogens with zero attached hydrogens (tertiary/aromatic N) is 4. The number of pyridine rings is 1. The summed E-state index contributed by atoms with van der Waals surface area (Å²) in [6.45, 7) is 2.20. The van der Waals surface area contributed by atoms with Gasteiger partial charge in [0.1, 0.15) is 0 Å². The highest BCUT2D eigenvalue weighted by atomic mass is 32.2. The average molecular weight is 402 g/mol. The zero-order chi connectivity index (χ0) is 19.9. The van der Waals surface area contributed by atoms with Gasteiger partial charge in [0.2, 0.25) is 10.0 Å². The molecule has 28 heavy (non-hydrogen) atoms. The molecule has 3 aromatic rings. The van der Waals surface area contributed by atoms with Crippen LogP contribution in [-0.4, -0.2) is 46.5 Å². The first-order chi connectivity index (χ1) is 13.3. The number of hydrogen-bond acceptors (Lipinski definition) is 6. The molecule has 1 unspecified atom stereocenters. The summed E-state index contributed by atoms with van der Waals surface area (Å²) >= 11 is 0. The van der Waals surface area contributed by atoms with E-state index in [0.717, 1.165) is 11.1 Å². The van der Waals surface area contributed by atoms with Crippen LogP contribution in [0.25, 0.3) is 5.52 Å². The first kappa shape index (κ1) is 18.5. The second kappa shape index (κ2) is 6.97. The monoisotopic (exact) mass is 402 g/mol. The highest BCUT2D eigenvalue weighted by Gasteiger charge is 2.34. The molecule has 0 spiro atoms. The van der Waals surface area contributed by atoms with E-state index in [1.54, 1.807) is 10.7 Å². The molecule has 0 N–H and O–H groups in total. The van der Waals surface area contributed by atoms with E-state index in [1.807, 2.05) is 31.3 Å². The molecule has 0 bridgehead atoms. The van der Waals surface area contributed by atoms with Gasteiger partial charge in [0.15, 0.2) is 0 Å². The average Bonchev–Trinajstić information content (AvgIpc) is 3.15. The van der Waals surface area contributed by atoms with Gasteiger partial charge < -0.3 is 4.74 Å². The van der Waals surface area contributed by atoms with Gasteiger partial charge in [0.05, 0.1) is 27.5 Å². The Bertz CT molecular complexity index is 1130. The Balaban J connectivity index is 1.62. The quantitative estimate of drug-likeness (QED) is 0.490. The van der Waals surface area contributed by atoms with E-state index < -0.39 is 21.1 Å². The molecular weight excluding hydrogens is 384 g/mol. The van der Waals surface area contributed by atoms with Crippen molar-refractivity contribution in [3.05, 3.63) is 70.5 Å². The number of sulfonamides is 1. The summed E-state index contributed by atoms with van der Waals surface area (Å²) in [6.07, 6.45) is 2.78. The summed E-state index contributed by atoms with van der Waals surface area (Å²) < 4.78 is 35.2. The molecule has 1 aliphatic rings. The van der Waals surface area contributed by atoms with Gasteiger partial charge in [-0.3, -0.25) is 10.1 Å². The van der Waals surface area contributed by atoms with E-state index >= 15 is 0 Å². The molecule has 1 saturated heterocycles. The fourth-order valence-electron chi connectivity index (χ4n) is 3.32. The van der Waals surface area contributed by atoms with Crippen molar-refractivity contribution in [1.29, 1.82) is 0 Å². The number of morpholine rings is 1. The van der Waals surface area contributed by atoms with Crippen molar-refractivity contribution in [3.63, 3.8) is 0 Å². The van der Waals surface area contributed by atoms with Crippen molar-refractivity contribution >= 4 is 21.2 Å². The lowest BCUT2D eigenvalue weighted by Gasteiger charge is -2.36. The smallest absolute Gasteiger partial charge is 0.269 e. The van der Waals surface area contributed by atoms with Crippen LogP contribution in [0, 0.1) is 10.1 Å². The largest absolute Gasteiger partial charge is 0.368 e. The first-order valence-corrected chi connectivity index (χ1v) is 10.1. The lowest BCUT2D eigenvalue weighted by Crippen LogP contribution is -2.45. The minimum Gasteiger partial charge on any atom is -0.368 e. The Morgan fingerprint density at radius 3 is 2.64 bits per heavy atom. The number of nitro benzene ring substituents is 1. The number of hydrogen-bond donors (Lipinski definition) is 0. The maximum absolute atomic E-state index is 13.0. The molecule has 2 aromatic heterocycles. The maximum atomic E-state index is 13.0. The highest BCUT2D eigenvalue weighted by Crippen LogP contribution is 2.30. The minimum atomic E-state index is -3.80. The van der Waals surface area contributed by atoms with Gasteiger partial charge in [-0.1, -0.05) is 0 Å². The van der Waals surface area contributed by atoms with Gasteiger partial charge >= 0.3 is 0 Å². The van der Waals surface area contributed by atoms with E-state index in [4.69, 9.17) is 4.74 Å². The molecular formula is C18H18N4O5S. The van der Waals surface area contributed by atoms with Gasteiger partial charge in [-0.25, -0.2) is 12.9 Å². The third-order valence-corrected chi connectivity index (χ3v) is 6.55. The summed E-state index contributed by atoms with van der Waals surface area (Å²) in [5.41, 5.74) is 1.61. The predicted octanol–water partition coefficient (Wildman–Crippen LogP) is 2.39. The summed E-state index contributed by atoms with van der Waals surface area (Å²) in [5.74, 6) is 0. The molecule has 1 aliphatic heterocycles. The zero-order valence-corrected chi connectivity index (χ0v) is 15.8. The fourth-order valence-corrected chi connectivity index (χ4v) is 4.84. The van der Waals surface area contributed by atoms with Crippen LogP contribution < -0.4 is 0 Å². The van der Waals surface area contributed by atoms with E-state index in [9.17, 15) is 18.5 Å². The van der Waals surface area contributed by atoms with Crippen LogP contribution in [0.4, 0.5) is 5.69 Å². The van der Waals surface area contributed by atoms with Crippen LogP contribution in [0.5, 0.6) is 0 Å². The summed E-state index contributed by atoms with van der Waals surface area (Å²) in [7, 11) is -3.80. The van der Waals surface area contributed by atoms with Crippen molar-refractivity contribution < 1.29 is 18.1 Å². The Labute approximate surface area is 161 Å². The standard InChI is InChI=1S/C18H18N4O5S/c1-13-11-20(28(25,26)17-4-2-15(3-5-17)22(23)24)12-18(27-13)14-7-9-21-16(10-14)6-8-19-21/h2-10,13,18H,11-12H2,1H3/t13?,18-/m1/s1. The van der Waals surface area contributed by atoms with E-state index in [-0.39, 0.29) is 29.8 Å². The van der Waals surface area contributed by atoms with Crippen molar-refractivity contribution in [2.45, 2.75) is 24.0 Å². The van der Waals surface area contributed by atoms with Crippen LogP contribution in [0.1, 0.15) is 18.6 Å². The third-order valence-electron chi connectivity index (χ3n) is 4.71. The Morgan fingerprint density at radius 2 is 1.93 bits per heavy atom. The molecule has 9 nitrogen and oxygen atoms in total. The number of ether oxygens (including phenoxy) is 1. The van der Waals surface area contributed by atoms with Crippen molar-refractivity contribution in [2.24, 2.45) is 0 Å². The number of aromatic nitrogens is 2. The lowest BCUT2D eigenvalue weighted by molar-refractivity contribution is -0.384. The van der Waals surface area contributed by atoms with E-state index in [1.165, 1.54) is 28.6 Å². The zero-order valence-electron chi connectivity index (χ0n) is 15.0. The minimum absolute atomic E-state index is 0.0252. The Kier molecular flexibility index (Phi) is 4.61. The molecule has 10 heteroatoms. The van der Waals surface area contributed by atoms with Crippen LogP contribution in [-0.2, 0) is 14.8 Å². The number of non-ortho nitro benzene ring substituents is 1. The van der Waals surface area contributed by atoms with E-state index in [0.29, 0.717) is 0 Å². The SMILES string of the molecule is CC1CN(S(=O)(=O)c2ccc([N+](=O)[O-])cc2)C[C@H](c2ccn3nccc3c2)O1. The fraction of sp³-hybridized carbons (Fsp3) is 0.278. The molecule has 0 saturated carbocycles. The molecule has 0 amide bonds. The second-order valence-corrected chi connectivity index (χ2v) is 8.61. The van der Waals surface area contributed by atoms with Crippen molar-refractivity contribution in [3.8, 4) is 0 Å². The summed E-state index contributed by atoms with van der Waals surface area (Å²) in [5, 5.41) is 15.0. The normalized spacial score (nSPS) is 21.0. The molecule has 4 rings (SSSR count). The number of benzene rings is 1. The van der Waals surface area contributed by atoms with Crippen LogP contribution in [0.15, 0.2) is 59.8 Å². The molecule has 2 atom stereocenters. The highest BCUT2D eigenvalue weighted by molar-refractivity contribution is 7.89. The molecule has 0 aliphatic carbocycles. The van der Waals surface area contributed by atoms with Crippen LogP contribution in [0.3, 0.4) is 0 Å². The first-order valence-electron chi connectivity index (χ1n) is 8.68. The molecule has 146 valence electrons. The van der Waals surface area contributed by atoms with E-state index in [2.05, 4.69) is 5.10 Å². The molecule has 1 fully saturated rings. The lowest BCUT2D eigenvalue weighted by atomic mass is 10.1. The van der Waals surface area contributed by atoms with Gasteiger partial charge in [-0.15, -0.1) is 0 Å². The third kappa shape index (κ3) is 3.37. The van der Waals surface area contributed by atoms with Gasteiger partial charge in [-0.2, -0.15) is 9.40 Å². The summed E-state index contributed by atoms with van der Waals surface area (Å²) in [4.78, 5) is 10.3. The number of fused-ring (bicyclic) bond motifs is 1. The molecule has 1 aromatic carbocycles. The van der Waals surface area contributed by atoms with Gasteiger partial charge in [0, 0.05) is 37.6 Å². The van der Waals surface area contributed by atoms with Crippen molar-refractivity contribution in [1.82, 2.24) is 13.9 Å². The van der Waals surface area contributed by atoms with Crippen LogP contribution >= 0.6 is 0 Å². The van der Waals surface area contributed by atoms with Crippen molar-refractivity contribution in [2.75, 3.05) is 13.1 Å². The Hall–Kier alpha value is -2.82. The van der Waals surface area contributed by atoms with Gasteiger partial charge in [-0.05, 0) is 42.8 Å². The number of nitro groups is 1. The molecule has 0 radical (unpaired) electrons. The van der Waals surface area contributed by atoms with Gasteiger partial charge in [0.25, 0.3) is 5.69 Å². The Morgan fingerprint density at radius 1 is 1.18 bits per heavy atom. The maximum Gasteiger partial charge on any atom is 0.269 e. The topological polar surface area (TPSA) is 107 Å². The second-order valence-electron chi connectivity index (χ2n) is 6.67. The molecule has 3 heterocycles. The summed E-state index contributed by atoms with van der Waals surface area (Å²) in [6, 6.07) is 10.6. The number of rotatable bonds is 4.